The third kappa shape index (κ3) is 2.66. The van der Waals surface area contributed by atoms with E-state index in [0.29, 0.717) is 6.54 Å². The standard InChI is InChI=1S/C20H21NO3/c22-19(23)11-14-7-4-10-21(14)20(24)18-12-17(18)16-9-3-6-13-5-1-2-8-15(13)16/h1-3,5-6,8-9,14,17-18H,4,7,10-12H2,(H,22,23). The first-order valence-electron chi connectivity index (χ1n) is 8.65. The summed E-state index contributed by atoms with van der Waals surface area (Å²) in [5.41, 5.74) is 1.25. The molecule has 1 heterocycles. The van der Waals surface area contributed by atoms with Crippen LogP contribution in [-0.2, 0) is 9.59 Å². The molecule has 124 valence electrons. The Labute approximate surface area is 141 Å². The molecule has 4 nitrogen and oxygen atoms in total. The van der Waals surface area contributed by atoms with Crippen LogP contribution >= 0.6 is 0 Å². The first-order chi connectivity index (χ1) is 11.6. The maximum atomic E-state index is 12.9. The number of carboxylic acids is 1. The Morgan fingerprint density at radius 2 is 1.92 bits per heavy atom. The van der Waals surface area contributed by atoms with Crippen LogP contribution in [0.2, 0.25) is 0 Å². The second-order valence-corrected chi connectivity index (χ2v) is 6.94. The highest BCUT2D eigenvalue weighted by molar-refractivity contribution is 5.90. The number of hydrogen-bond donors (Lipinski definition) is 1. The molecule has 2 fully saturated rings. The SMILES string of the molecule is O=C(O)CC1CCCN1C(=O)C1CC1c1cccc2ccccc12. The summed E-state index contributed by atoms with van der Waals surface area (Å²) in [6.07, 6.45) is 2.67. The Kier molecular flexibility index (Phi) is 3.75. The molecule has 0 bridgehead atoms. The maximum Gasteiger partial charge on any atom is 0.305 e. The molecule has 2 aromatic rings. The zero-order valence-corrected chi connectivity index (χ0v) is 13.5. The number of amides is 1. The number of likely N-dealkylation sites (tertiary alicyclic amines) is 1. The minimum Gasteiger partial charge on any atom is -0.481 e. The highest BCUT2D eigenvalue weighted by atomic mass is 16.4. The number of carbonyl (C=O) groups excluding carboxylic acids is 1. The van der Waals surface area contributed by atoms with Crippen molar-refractivity contribution in [2.45, 2.75) is 37.6 Å². The van der Waals surface area contributed by atoms with Crippen LogP contribution < -0.4 is 0 Å². The quantitative estimate of drug-likeness (QED) is 0.938. The fraction of sp³-hybridized carbons (Fsp3) is 0.400. The minimum atomic E-state index is -0.818. The van der Waals surface area contributed by atoms with Crippen molar-refractivity contribution >= 4 is 22.6 Å². The maximum absolute atomic E-state index is 12.9. The zero-order valence-electron chi connectivity index (χ0n) is 13.5. The molecule has 0 radical (unpaired) electrons. The van der Waals surface area contributed by atoms with Crippen LogP contribution in [0, 0.1) is 5.92 Å². The van der Waals surface area contributed by atoms with E-state index in [1.165, 1.54) is 16.3 Å². The molecule has 1 N–H and O–H groups in total. The van der Waals surface area contributed by atoms with Crippen molar-refractivity contribution in [1.29, 1.82) is 0 Å². The lowest BCUT2D eigenvalue weighted by Gasteiger charge is -2.23. The topological polar surface area (TPSA) is 57.6 Å². The number of benzene rings is 2. The molecule has 0 spiro atoms. The van der Waals surface area contributed by atoms with Crippen LogP contribution in [-0.4, -0.2) is 34.5 Å². The predicted octanol–water partition coefficient (Wildman–Crippen LogP) is 3.41. The Balaban J connectivity index is 1.53. The lowest BCUT2D eigenvalue weighted by molar-refractivity contribution is -0.140. The van der Waals surface area contributed by atoms with E-state index < -0.39 is 5.97 Å². The summed E-state index contributed by atoms with van der Waals surface area (Å²) < 4.78 is 0. The molecule has 24 heavy (non-hydrogen) atoms. The van der Waals surface area contributed by atoms with Gasteiger partial charge >= 0.3 is 5.97 Å². The largest absolute Gasteiger partial charge is 0.481 e. The van der Waals surface area contributed by atoms with Crippen molar-refractivity contribution in [2.24, 2.45) is 5.92 Å². The molecule has 3 atom stereocenters. The van der Waals surface area contributed by atoms with Crippen LogP contribution in [0.5, 0.6) is 0 Å². The molecule has 2 aromatic carbocycles. The van der Waals surface area contributed by atoms with E-state index in [9.17, 15) is 9.59 Å². The summed E-state index contributed by atoms with van der Waals surface area (Å²) in [5, 5.41) is 11.5. The van der Waals surface area contributed by atoms with E-state index in [2.05, 4.69) is 30.3 Å². The van der Waals surface area contributed by atoms with Gasteiger partial charge in [0.25, 0.3) is 0 Å². The van der Waals surface area contributed by atoms with Gasteiger partial charge in [0, 0.05) is 18.5 Å². The van der Waals surface area contributed by atoms with Gasteiger partial charge in [-0.1, -0.05) is 42.5 Å². The Morgan fingerprint density at radius 3 is 2.75 bits per heavy atom. The number of hydrogen-bond acceptors (Lipinski definition) is 2. The first kappa shape index (κ1) is 15.2. The summed E-state index contributed by atoms with van der Waals surface area (Å²) in [7, 11) is 0. The summed E-state index contributed by atoms with van der Waals surface area (Å²) in [6, 6.07) is 14.4. The van der Waals surface area contributed by atoms with Gasteiger partial charge in [0.15, 0.2) is 0 Å². The van der Waals surface area contributed by atoms with E-state index in [1.807, 2.05) is 17.0 Å². The average Bonchev–Trinajstić information content (AvgIpc) is 3.25. The lowest BCUT2D eigenvalue weighted by atomic mass is 10.00. The summed E-state index contributed by atoms with van der Waals surface area (Å²) >= 11 is 0. The average molecular weight is 323 g/mol. The van der Waals surface area contributed by atoms with Gasteiger partial charge in [-0.05, 0) is 41.5 Å². The van der Waals surface area contributed by atoms with Gasteiger partial charge in [-0.25, -0.2) is 0 Å². The number of carboxylic acid groups (broad SMARTS) is 1. The molecule has 4 rings (SSSR count). The molecule has 0 aromatic heterocycles. The summed E-state index contributed by atoms with van der Waals surface area (Å²) in [4.78, 5) is 25.7. The normalized spacial score (nSPS) is 25.8. The van der Waals surface area contributed by atoms with Crippen molar-refractivity contribution in [2.75, 3.05) is 6.54 Å². The highest BCUT2D eigenvalue weighted by Gasteiger charge is 2.48. The van der Waals surface area contributed by atoms with Gasteiger partial charge in [-0.15, -0.1) is 0 Å². The van der Waals surface area contributed by atoms with Crippen molar-refractivity contribution in [3.05, 3.63) is 48.0 Å². The smallest absolute Gasteiger partial charge is 0.305 e. The van der Waals surface area contributed by atoms with Gasteiger partial charge < -0.3 is 10.0 Å². The Bertz CT molecular complexity index is 795. The van der Waals surface area contributed by atoms with Gasteiger partial charge in [0.2, 0.25) is 5.91 Å². The third-order valence-electron chi connectivity index (χ3n) is 5.40. The third-order valence-corrected chi connectivity index (χ3v) is 5.40. The molecule has 1 saturated heterocycles. The fourth-order valence-electron chi connectivity index (χ4n) is 4.14. The molecular weight excluding hydrogens is 302 g/mol. The van der Waals surface area contributed by atoms with Crippen LogP contribution in [0.4, 0.5) is 0 Å². The molecule has 3 unspecified atom stereocenters. The molecule has 1 aliphatic carbocycles. The number of aliphatic carboxylic acids is 1. The fourth-order valence-corrected chi connectivity index (χ4v) is 4.14. The van der Waals surface area contributed by atoms with Crippen molar-refractivity contribution in [1.82, 2.24) is 4.90 Å². The van der Waals surface area contributed by atoms with Crippen LogP contribution in [0.1, 0.15) is 37.2 Å². The van der Waals surface area contributed by atoms with Crippen molar-refractivity contribution < 1.29 is 14.7 Å². The van der Waals surface area contributed by atoms with Crippen LogP contribution in [0.15, 0.2) is 42.5 Å². The van der Waals surface area contributed by atoms with E-state index in [4.69, 9.17) is 5.11 Å². The predicted molar refractivity (Wildman–Crippen MR) is 91.8 cm³/mol. The zero-order chi connectivity index (χ0) is 16.7. The molecule has 4 heteroatoms. The lowest BCUT2D eigenvalue weighted by Crippen LogP contribution is -2.38. The van der Waals surface area contributed by atoms with E-state index in [1.54, 1.807) is 0 Å². The first-order valence-corrected chi connectivity index (χ1v) is 8.65. The molecule has 2 aliphatic rings. The van der Waals surface area contributed by atoms with E-state index in [-0.39, 0.29) is 30.2 Å². The van der Waals surface area contributed by atoms with Crippen LogP contribution in [0.25, 0.3) is 10.8 Å². The van der Waals surface area contributed by atoms with Crippen LogP contribution in [0.3, 0.4) is 0 Å². The van der Waals surface area contributed by atoms with Gasteiger partial charge in [0.05, 0.1) is 6.42 Å². The van der Waals surface area contributed by atoms with Crippen molar-refractivity contribution in [3.63, 3.8) is 0 Å². The Morgan fingerprint density at radius 1 is 1.12 bits per heavy atom. The number of fused-ring (bicyclic) bond motifs is 1. The van der Waals surface area contributed by atoms with Gasteiger partial charge in [0.1, 0.15) is 0 Å². The molecule has 1 amide bonds. The number of rotatable bonds is 4. The number of carbonyl (C=O) groups is 2. The summed E-state index contributed by atoms with van der Waals surface area (Å²) in [6.45, 7) is 0.704. The Hall–Kier alpha value is -2.36. The minimum absolute atomic E-state index is 0.0187. The number of nitrogens with zero attached hydrogens (tertiary/aromatic N) is 1. The monoisotopic (exact) mass is 323 g/mol. The highest BCUT2D eigenvalue weighted by Crippen LogP contribution is 2.51. The summed E-state index contributed by atoms with van der Waals surface area (Å²) in [5.74, 6) is -0.377. The second kappa shape index (κ2) is 5.93. The van der Waals surface area contributed by atoms with Gasteiger partial charge in [-0.3, -0.25) is 9.59 Å². The second-order valence-electron chi connectivity index (χ2n) is 6.94. The van der Waals surface area contributed by atoms with Crippen molar-refractivity contribution in [3.8, 4) is 0 Å². The van der Waals surface area contributed by atoms with E-state index >= 15 is 0 Å². The molecular formula is C20H21NO3. The molecule has 1 saturated carbocycles. The van der Waals surface area contributed by atoms with Gasteiger partial charge in [-0.2, -0.15) is 0 Å². The molecule has 1 aliphatic heterocycles. The van der Waals surface area contributed by atoms with E-state index in [0.717, 1.165) is 19.3 Å².